The molecule has 4 nitrogen and oxygen atoms in total. The molecule has 0 saturated carbocycles. The Morgan fingerprint density at radius 1 is 1.17 bits per heavy atom. The lowest BCUT2D eigenvalue weighted by Crippen LogP contribution is -2.43. The average molecular weight is 333 g/mol. The van der Waals surface area contributed by atoms with Crippen molar-refractivity contribution in [2.45, 2.75) is 51.6 Å². The highest BCUT2D eigenvalue weighted by Gasteiger charge is 2.33. The number of amides is 1. The molecule has 1 atom stereocenters. The van der Waals surface area contributed by atoms with Gasteiger partial charge in [-0.1, -0.05) is 30.3 Å². The molecule has 0 spiro atoms. The second kappa shape index (κ2) is 8.19. The van der Waals surface area contributed by atoms with Gasteiger partial charge >= 0.3 is 12.3 Å². The van der Waals surface area contributed by atoms with Gasteiger partial charge < -0.3 is 14.8 Å². The van der Waals surface area contributed by atoms with Gasteiger partial charge in [0, 0.05) is 0 Å². The summed E-state index contributed by atoms with van der Waals surface area (Å²) in [5.74, 6) is 0. The Balaban J connectivity index is 2.53. The molecule has 1 aromatic carbocycles. The fourth-order valence-corrected chi connectivity index (χ4v) is 1.80. The van der Waals surface area contributed by atoms with Crippen molar-refractivity contribution in [1.29, 1.82) is 0 Å². The van der Waals surface area contributed by atoms with E-state index in [2.05, 4.69) is 5.32 Å². The molecule has 130 valence electrons. The number of halogens is 3. The SMILES string of the molecule is CC(C)(C)OC(=O)NC(COCc1ccccc1)CC(F)(F)F. The van der Waals surface area contributed by atoms with Crippen molar-refractivity contribution in [2.24, 2.45) is 0 Å². The smallest absolute Gasteiger partial charge is 0.407 e. The van der Waals surface area contributed by atoms with Gasteiger partial charge in [0.15, 0.2) is 0 Å². The molecule has 7 heteroatoms. The fraction of sp³-hybridized carbons (Fsp3) is 0.562. The Bertz CT molecular complexity index is 484. The topological polar surface area (TPSA) is 47.6 Å². The molecule has 0 saturated heterocycles. The number of benzene rings is 1. The molecular weight excluding hydrogens is 311 g/mol. The standard InChI is InChI=1S/C16H22F3NO3/c1-15(2,3)23-14(21)20-13(9-16(17,18)19)11-22-10-12-7-5-4-6-8-12/h4-8,13H,9-11H2,1-3H3,(H,20,21). The number of nitrogens with one attached hydrogen (secondary N) is 1. The Kier molecular flexibility index (Phi) is 6.87. The van der Waals surface area contributed by atoms with Gasteiger partial charge in [-0.15, -0.1) is 0 Å². The third kappa shape index (κ3) is 9.78. The number of hydrogen-bond acceptors (Lipinski definition) is 3. The summed E-state index contributed by atoms with van der Waals surface area (Å²) in [5.41, 5.74) is 0.0631. The molecular formula is C16H22F3NO3. The number of alkyl halides is 3. The molecule has 0 fully saturated rings. The quantitative estimate of drug-likeness (QED) is 0.854. The minimum absolute atomic E-state index is 0.172. The van der Waals surface area contributed by atoms with E-state index in [0.717, 1.165) is 5.56 Å². The molecule has 0 aliphatic carbocycles. The first-order chi connectivity index (χ1) is 10.6. The van der Waals surface area contributed by atoms with Crippen LogP contribution < -0.4 is 5.32 Å². The van der Waals surface area contributed by atoms with E-state index >= 15 is 0 Å². The van der Waals surface area contributed by atoms with Crippen LogP contribution in [0.25, 0.3) is 0 Å². The summed E-state index contributed by atoms with van der Waals surface area (Å²) in [4.78, 5) is 11.6. The molecule has 1 amide bonds. The Morgan fingerprint density at radius 2 is 1.78 bits per heavy atom. The van der Waals surface area contributed by atoms with Gasteiger partial charge in [-0.2, -0.15) is 13.2 Å². The zero-order valence-corrected chi connectivity index (χ0v) is 13.4. The molecule has 1 rings (SSSR count). The lowest BCUT2D eigenvalue weighted by atomic mass is 10.2. The van der Waals surface area contributed by atoms with Gasteiger partial charge in [0.2, 0.25) is 0 Å². The number of carbonyl (C=O) groups is 1. The minimum atomic E-state index is -4.41. The number of rotatable bonds is 6. The van der Waals surface area contributed by atoms with Crippen LogP contribution in [0, 0.1) is 0 Å². The van der Waals surface area contributed by atoms with Crippen LogP contribution in [0.15, 0.2) is 30.3 Å². The summed E-state index contributed by atoms with van der Waals surface area (Å²) in [5, 5.41) is 2.21. The van der Waals surface area contributed by atoms with E-state index in [0.29, 0.717) is 0 Å². The van der Waals surface area contributed by atoms with E-state index in [1.54, 1.807) is 32.9 Å². The Hall–Kier alpha value is -1.76. The van der Waals surface area contributed by atoms with Crippen LogP contribution in [0.1, 0.15) is 32.8 Å². The summed E-state index contributed by atoms with van der Waals surface area (Å²) in [7, 11) is 0. The van der Waals surface area contributed by atoms with Crippen LogP contribution in [0.4, 0.5) is 18.0 Å². The summed E-state index contributed by atoms with van der Waals surface area (Å²) >= 11 is 0. The molecule has 0 aliphatic heterocycles. The van der Waals surface area contributed by atoms with Gasteiger partial charge in [0.1, 0.15) is 5.60 Å². The van der Waals surface area contributed by atoms with E-state index in [4.69, 9.17) is 9.47 Å². The largest absolute Gasteiger partial charge is 0.444 e. The number of carbonyl (C=O) groups excluding carboxylic acids is 1. The molecule has 1 unspecified atom stereocenters. The van der Waals surface area contributed by atoms with Gasteiger partial charge in [-0.25, -0.2) is 4.79 Å². The predicted octanol–water partition coefficient (Wildman–Crippen LogP) is 4.05. The predicted molar refractivity (Wildman–Crippen MR) is 79.9 cm³/mol. The lowest BCUT2D eigenvalue weighted by Gasteiger charge is -2.24. The zero-order valence-electron chi connectivity index (χ0n) is 13.4. The Labute approximate surface area is 134 Å². The van der Waals surface area contributed by atoms with Crippen molar-refractivity contribution < 1.29 is 27.4 Å². The maximum absolute atomic E-state index is 12.6. The monoisotopic (exact) mass is 333 g/mol. The van der Waals surface area contributed by atoms with Crippen molar-refractivity contribution >= 4 is 6.09 Å². The van der Waals surface area contributed by atoms with E-state index in [1.807, 2.05) is 18.2 Å². The second-order valence-corrected chi connectivity index (χ2v) is 6.16. The summed E-state index contributed by atoms with van der Waals surface area (Å²) in [6.45, 7) is 4.82. The molecule has 0 aromatic heterocycles. The first-order valence-corrected chi connectivity index (χ1v) is 7.23. The van der Waals surface area contributed by atoms with Crippen LogP contribution in [0.3, 0.4) is 0 Å². The molecule has 1 N–H and O–H groups in total. The molecule has 1 aromatic rings. The van der Waals surface area contributed by atoms with Crippen molar-refractivity contribution in [3.05, 3.63) is 35.9 Å². The average Bonchev–Trinajstić information content (AvgIpc) is 2.35. The normalized spacial score (nSPS) is 13.5. The van der Waals surface area contributed by atoms with E-state index in [-0.39, 0.29) is 13.2 Å². The van der Waals surface area contributed by atoms with Gasteiger partial charge in [-0.3, -0.25) is 0 Å². The first kappa shape index (κ1) is 19.3. The highest BCUT2D eigenvalue weighted by atomic mass is 19.4. The summed E-state index contributed by atoms with van der Waals surface area (Å²) in [6, 6.07) is 7.86. The van der Waals surface area contributed by atoms with E-state index in [1.165, 1.54) is 0 Å². The van der Waals surface area contributed by atoms with E-state index < -0.39 is 30.3 Å². The number of ether oxygens (including phenoxy) is 2. The van der Waals surface area contributed by atoms with Crippen LogP contribution in [0.2, 0.25) is 0 Å². The highest BCUT2D eigenvalue weighted by Crippen LogP contribution is 2.22. The van der Waals surface area contributed by atoms with Gasteiger partial charge in [-0.05, 0) is 26.3 Å². The summed E-state index contributed by atoms with van der Waals surface area (Å²) < 4.78 is 48.1. The van der Waals surface area contributed by atoms with Gasteiger partial charge in [0.05, 0.1) is 25.7 Å². The molecule has 0 bridgehead atoms. The Morgan fingerprint density at radius 3 is 2.30 bits per heavy atom. The molecule has 0 aliphatic rings. The minimum Gasteiger partial charge on any atom is -0.444 e. The third-order valence-corrected chi connectivity index (χ3v) is 2.63. The highest BCUT2D eigenvalue weighted by molar-refractivity contribution is 5.68. The maximum atomic E-state index is 12.6. The third-order valence-electron chi connectivity index (χ3n) is 2.63. The number of alkyl carbamates (subject to hydrolysis) is 1. The first-order valence-electron chi connectivity index (χ1n) is 7.23. The zero-order chi connectivity index (χ0) is 17.5. The fourth-order valence-electron chi connectivity index (χ4n) is 1.80. The second-order valence-electron chi connectivity index (χ2n) is 6.16. The van der Waals surface area contributed by atoms with Crippen LogP contribution in [-0.4, -0.2) is 30.5 Å². The van der Waals surface area contributed by atoms with Crippen LogP contribution in [-0.2, 0) is 16.1 Å². The van der Waals surface area contributed by atoms with Crippen molar-refractivity contribution in [1.82, 2.24) is 5.32 Å². The van der Waals surface area contributed by atoms with E-state index in [9.17, 15) is 18.0 Å². The van der Waals surface area contributed by atoms with Gasteiger partial charge in [0.25, 0.3) is 0 Å². The van der Waals surface area contributed by atoms with Crippen LogP contribution in [0.5, 0.6) is 0 Å². The lowest BCUT2D eigenvalue weighted by molar-refractivity contribution is -0.143. The summed E-state index contributed by atoms with van der Waals surface area (Å²) in [6.07, 6.45) is -6.48. The van der Waals surface area contributed by atoms with Crippen molar-refractivity contribution in [2.75, 3.05) is 6.61 Å². The molecule has 0 radical (unpaired) electrons. The molecule has 0 heterocycles. The van der Waals surface area contributed by atoms with Crippen molar-refractivity contribution in [3.8, 4) is 0 Å². The number of hydrogen-bond donors (Lipinski definition) is 1. The molecule has 23 heavy (non-hydrogen) atoms. The van der Waals surface area contributed by atoms with Crippen LogP contribution >= 0.6 is 0 Å². The van der Waals surface area contributed by atoms with Crippen molar-refractivity contribution in [3.63, 3.8) is 0 Å². The maximum Gasteiger partial charge on any atom is 0.407 e.